The molecule has 0 unspecified atom stereocenters. The van der Waals surface area contributed by atoms with Crippen molar-refractivity contribution in [3.63, 3.8) is 0 Å². The first kappa shape index (κ1) is 16.3. The minimum Gasteiger partial charge on any atom is -0.457 e. The molecule has 2 aromatic carbocycles. The zero-order valence-corrected chi connectivity index (χ0v) is 13.4. The van der Waals surface area contributed by atoms with Gasteiger partial charge in [0, 0.05) is 11.8 Å². The van der Waals surface area contributed by atoms with Gasteiger partial charge in [0.15, 0.2) is 9.84 Å². The van der Waals surface area contributed by atoms with Gasteiger partial charge in [-0.25, -0.2) is 22.0 Å². The molecule has 0 amide bonds. The fraction of sp³-hybridized carbons (Fsp3) is 0.118. The average Bonchev–Trinajstić information content (AvgIpc) is 2.87. The third-order valence-corrected chi connectivity index (χ3v) is 4.77. The van der Waals surface area contributed by atoms with E-state index < -0.39 is 32.3 Å². The van der Waals surface area contributed by atoms with E-state index in [1.54, 1.807) is 30.3 Å². The Morgan fingerprint density at radius 1 is 1.00 bits per heavy atom. The van der Waals surface area contributed by atoms with Crippen molar-refractivity contribution in [2.24, 2.45) is 0 Å². The molecule has 1 heterocycles. The first-order valence-corrected chi connectivity index (χ1v) is 8.83. The zero-order valence-electron chi connectivity index (χ0n) is 12.5. The number of sulfone groups is 1. The summed E-state index contributed by atoms with van der Waals surface area (Å²) in [6, 6.07) is 10.4. The van der Waals surface area contributed by atoms with Crippen molar-refractivity contribution in [3.8, 4) is 0 Å². The predicted octanol–water partition coefficient (Wildman–Crippen LogP) is 2.84. The molecule has 4 nitrogen and oxygen atoms in total. The number of carbonyl (C=O) groups excluding carboxylic acids is 1. The van der Waals surface area contributed by atoms with Gasteiger partial charge in [-0.2, -0.15) is 0 Å². The summed E-state index contributed by atoms with van der Waals surface area (Å²) in [7, 11) is -4.05. The molecule has 0 fully saturated rings. The summed E-state index contributed by atoms with van der Waals surface area (Å²) in [5, 5.41) is 0. The normalized spacial score (nSPS) is 14.9. The van der Waals surface area contributed by atoms with Crippen LogP contribution in [0.1, 0.15) is 11.1 Å². The van der Waals surface area contributed by atoms with E-state index in [9.17, 15) is 22.0 Å². The molecular weight excluding hydrogens is 338 g/mol. The van der Waals surface area contributed by atoms with E-state index in [0.29, 0.717) is 11.1 Å². The fourth-order valence-corrected chi connectivity index (χ4v) is 3.44. The van der Waals surface area contributed by atoms with Crippen molar-refractivity contribution in [2.75, 3.05) is 12.9 Å². The van der Waals surface area contributed by atoms with Gasteiger partial charge in [-0.1, -0.05) is 30.3 Å². The number of esters is 1. The van der Waals surface area contributed by atoms with Crippen molar-refractivity contribution in [1.29, 1.82) is 0 Å². The van der Waals surface area contributed by atoms with Gasteiger partial charge in [0.05, 0.1) is 5.57 Å². The Morgan fingerprint density at radius 3 is 2.12 bits per heavy atom. The standard InChI is InChI=1S/C17H12F2O4S/c1-24(21,22)16-13(18)7-11(8-14(16)19)12-9-23-17(20)15(12)10-5-3-2-4-6-10/h2-8H,9H2,1H3. The summed E-state index contributed by atoms with van der Waals surface area (Å²) in [5.74, 6) is -3.00. The molecule has 24 heavy (non-hydrogen) atoms. The first-order valence-electron chi connectivity index (χ1n) is 6.94. The van der Waals surface area contributed by atoms with Gasteiger partial charge in [0.2, 0.25) is 0 Å². The minimum atomic E-state index is -4.05. The number of hydrogen-bond acceptors (Lipinski definition) is 4. The number of cyclic esters (lactones) is 1. The third kappa shape index (κ3) is 2.82. The fourth-order valence-electron chi connectivity index (χ4n) is 2.62. The molecule has 1 aliphatic heterocycles. The molecule has 0 spiro atoms. The third-order valence-electron chi connectivity index (χ3n) is 3.63. The highest BCUT2D eigenvalue weighted by atomic mass is 32.2. The van der Waals surface area contributed by atoms with Crippen LogP contribution < -0.4 is 0 Å². The second-order valence-corrected chi connectivity index (χ2v) is 7.29. The van der Waals surface area contributed by atoms with Crippen LogP contribution in [0, 0.1) is 11.6 Å². The number of benzene rings is 2. The van der Waals surface area contributed by atoms with Crippen molar-refractivity contribution in [2.45, 2.75) is 4.90 Å². The second kappa shape index (κ2) is 5.83. The van der Waals surface area contributed by atoms with Crippen LogP contribution in [0.4, 0.5) is 8.78 Å². The van der Waals surface area contributed by atoms with E-state index >= 15 is 0 Å². The molecule has 7 heteroatoms. The van der Waals surface area contributed by atoms with E-state index in [1.165, 1.54) is 0 Å². The smallest absolute Gasteiger partial charge is 0.339 e. The SMILES string of the molecule is CS(=O)(=O)c1c(F)cc(C2=C(c3ccccc3)C(=O)OC2)cc1F. The second-order valence-electron chi connectivity index (χ2n) is 5.34. The summed E-state index contributed by atoms with van der Waals surface area (Å²) < 4.78 is 56.2. The molecule has 0 aliphatic carbocycles. The molecule has 0 saturated carbocycles. The number of ether oxygens (including phenoxy) is 1. The number of hydrogen-bond donors (Lipinski definition) is 0. The molecule has 0 N–H and O–H groups in total. The number of carbonyl (C=O) groups is 1. The quantitative estimate of drug-likeness (QED) is 0.799. The molecule has 2 aromatic rings. The van der Waals surface area contributed by atoms with Gasteiger partial charge < -0.3 is 4.74 Å². The summed E-state index contributed by atoms with van der Waals surface area (Å²) >= 11 is 0. The van der Waals surface area contributed by atoms with E-state index in [2.05, 4.69) is 0 Å². The number of rotatable bonds is 3. The Labute approximate surface area is 137 Å². The number of halogens is 2. The Bertz CT molecular complexity index is 940. The highest BCUT2D eigenvalue weighted by Crippen LogP contribution is 2.34. The lowest BCUT2D eigenvalue weighted by molar-refractivity contribution is -0.133. The van der Waals surface area contributed by atoms with E-state index in [1.807, 2.05) is 0 Å². The first-order chi connectivity index (χ1) is 11.3. The van der Waals surface area contributed by atoms with Crippen LogP contribution in [0.3, 0.4) is 0 Å². The van der Waals surface area contributed by atoms with Crippen LogP contribution in [-0.2, 0) is 19.4 Å². The molecule has 1 aliphatic rings. The highest BCUT2D eigenvalue weighted by molar-refractivity contribution is 7.90. The Hall–Kier alpha value is -2.54. The van der Waals surface area contributed by atoms with Crippen LogP contribution in [-0.4, -0.2) is 27.2 Å². The largest absolute Gasteiger partial charge is 0.457 e. The van der Waals surface area contributed by atoms with Crippen molar-refractivity contribution in [1.82, 2.24) is 0 Å². The van der Waals surface area contributed by atoms with Gasteiger partial charge in [-0.15, -0.1) is 0 Å². The monoisotopic (exact) mass is 350 g/mol. The Morgan fingerprint density at radius 2 is 1.58 bits per heavy atom. The van der Waals surface area contributed by atoms with Crippen molar-refractivity contribution < 1.29 is 26.7 Å². The summed E-state index contributed by atoms with van der Waals surface area (Å²) in [5.41, 5.74) is 1.15. The van der Waals surface area contributed by atoms with Crippen molar-refractivity contribution >= 4 is 27.0 Å². The lowest BCUT2D eigenvalue weighted by Gasteiger charge is -2.08. The van der Waals surface area contributed by atoms with E-state index in [-0.39, 0.29) is 17.7 Å². The van der Waals surface area contributed by atoms with Crippen LogP contribution in [0.15, 0.2) is 47.4 Å². The molecule has 3 rings (SSSR count). The molecule has 0 aromatic heterocycles. The van der Waals surface area contributed by atoms with Crippen molar-refractivity contribution in [3.05, 3.63) is 65.2 Å². The molecular formula is C17H12F2O4S. The summed E-state index contributed by atoms with van der Waals surface area (Å²) in [4.78, 5) is 11.0. The molecule has 0 bridgehead atoms. The molecule has 0 atom stereocenters. The van der Waals surface area contributed by atoms with Crippen LogP contribution in [0.25, 0.3) is 11.1 Å². The lowest BCUT2D eigenvalue weighted by Crippen LogP contribution is -2.06. The average molecular weight is 350 g/mol. The summed E-state index contributed by atoms with van der Waals surface area (Å²) in [6.45, 7) is -0.139. The lowest BCUT2D eigenvalue weighted by atomic mass is 9.96. The zero-order chi connectivity index (χ0) is 17.5. The Kier molecular flexibility index (Phi) is 3.96. The molecule has 0 radical (unpaired) electrons. The predicted molar refractivity (Wildman–Crippen MR) is 83.7 cm³/mol. The van der Waals surface area contributed by atoms with Crippen LogP contribution in [0.5, 0.6) is 0 Å². The summed E-state index contributed by atoms with van der Waals surface area (Å²) in [6.07, 6.45) is 0.727. The van der Waals surface area contributed by atoms with Crippen LogP contribution in [0.2, 0.25) is 0 Å². The minimum absolute atomic E-state index is 0.0714. The van der Waals surface area contributed by atoms with E-state index in [0.717, 1.165) is 18.4 Å². The maximum Gasteiger partial charge on any atom is 0.339 e. The van der Waals surface area contributed by atoms with Gasteiger partial charge in [0.25, 0.3) is 0 Å². The van der Waals surface area contributed by atoms with Crippen LogP contribution >= 0.6 is 0 Å². The maximum absolute atomic E-state index is 14.1. The molecule has 124 valence electrons. The van der Waals surface area contributed by atoms with E-state index in [4.69, 9.17) is 4.74 Å². The van der Waals surface area contributed by atoms with Gasteiger partial charge in [-0.05, 0) is 23.3 Å². The van der Waals surface area contributed by atoms with Gasteiger partial charge in [-0.3, -0.25) is 0 Å². The van der Waals surface area contributed by atoms with Gasteiger partial charge >= 0.3 is 5.97 Å². The molecule has 0 saturated heterocycles. The topological polar surface area (TPSA) is 60.4 Å². The highest BCUT2D eigenvalue weighted by Gasteiger charge is 2.29. The Balaban J connectivity index is 2.21. The maximum atomic E-state index is 14.1. The van der Waals surface area contributed by atoms with Gasteiger partial charge in [0.1, 0.15) is 23.1 Å².